The molecule has 0 aliphatic rings. The lowest BCUT2D eigenvalue weighted by molar-refractivity contribution is 1.09. The number of thiophene rings is 1. The van der Waals surface area contributed by atoms with Gasteiger partial charge in [0.25, 0.3) is 0 Å². The second kappa shape index (κ2) is 8.47. The number of nitrogens with zero attached hydrogens (tertiary/aromatic N) is 2. The Morgan fingerprint density at radius 1 is 0.694 bits per heavy atom. The molecule has 36 heavy (non-hydrogen) atoms. The van der Waals surface area contributed by atoms with E-state index in [0.717, 1.165) is 34.5 Å². The molecule has 7 rings (SSSR count). The van der Waals surface area contributed by atoms with Gasteiger partial charge in [0, 0.05) is 31.4 Å². The summed E-state index contributed by atoms with van der Waals surface area (Å²) in [5.41, 5.74) is 8.23. The first kappa shape index (κ1) is 21.1. The fourth-order valence-corrected chi connectivity index (χ4v) is 6.45. The van der Waals surface area contributed by atoms with E-state index < -0.39 is 0 Å². The van der Waals surface area contributed by atoms with Gasteiger partial charge in [-0.2, -0.15) is 0 Å². The third-order valence-corrected chi connectivity index (χ3v) is 8.17. The highest BCUT2D eigenvalue weighted by molar-refractivity contribution is 7.26. The lowest BCUT2D eigenvalue weighted by atomic mass is 9.97. The molecule has 172 valence electrons. The van der Waals surface area contributed by atoms with Crippen LogP contribution in [0.25, 0.3) is 59.4 Å². The molecule has 0 spiro atoms. The Morgan fingerprint density at radius 2 is 1.44 bits per heavy atom. The van der Waals surface area contributed by atoms with E-state index in [4.69, 9.17) is 4.98 Å². The lowest BCUT2D eigenvalue weighted by Crippen LogP contribution is -1.98. The molecular formula is C33H24N2S. The van der Waals surface area contributed by atoms with Crippen molar-refractivity contribution in [1.82, 2.24) is 9.55 Å². The number of hydrogen-bond acceptors (Lipinski definition) is 2. The zero-order valence-corrected chi connectivity index (χ0v) is 20.8. The van der Waals surface area contributed by atoms with Gasteiger partial charge in [-0.1, -0.05) is 79.7 Å². The van der Waals surface area contributed by atoms with Gasteiger partial charge < -0.3 is 0 Å². The topological polar surface area (TPSA) is 17.8 Å². The number of hydrogen-bond donors (Lipinski definition) is 0. The monoisotopic (exact) mass is 480 g/mol. The van der Waals surface area contributed by atoms with Crippen LogP contribution in [0, 0.1) is 0 Å². The predicted octanol–water partition coefficient (Wildman–Crippen LogP) is 9.29. The Hall–Kier alpha value is -4.21. The van der Waals surface area contributed by atoms with Crippen LogP contribution < -0.4 is 0 Å². The van der Waals surface area contributed by atoms with E-state index in [9.17, 15) is 0 Å². The van der Waals surface area contributed by atoms with Gasteiger partial charge in [-0.3, -0.25) is 4.57 Å². The molecular weight excluding hydrogens is 456 g/mol. The minimum atomic E-state index is 0.967. The zero-order valence-electron chi connectivity index (χ0n) is 20.0. The smallest absolute Gasteiger partial charge is 0.145 e. The van der Waals surface area contributed by atoms with E-state index >= 15 is 0 Å². The lowest BCUT2D eigenvalue weighted by Gasteiger charge is -2.13. The van der Waals surface area contributed by atoms with Crippen molar-refractivity contribution in [3.05, 3.63) is 121 Å². The number of imidazole rings is 1. The average molecular weight is 481 g/mol. The largest absolute Gasteiger partial charge is 0.292 e. The highest BCUT2D eigenvalue weighted by atomic mass is 32.1. The first-order chi connectivity index (χ1) is 17.8. The molecule has 0 bridgehead atoms. The molecule has 0 fully saturated rings. The van der Waals surface area contributed by atoms with Crippen molar-refractivity contribution in [2.45, 2.75) is 13.3 Å². The summed E-state index contributed by atoms with van der Waals surface area (Å²) < 4.78 is 4.96. The van der Waals surface area contributed by atoms with Crippen LogP contribution in [0.1, 0.15) is 12.5 Å². The maximum atomic E-state index is 5.13. The minimum Gasteiger partial charge on any atom is -0.292 e. The molecule has 0 radical (unpaired) electrons. The molecule has 2 heterocycles. The van der Waals surface area contributed by atoms with E-state index in [1.807, 2.05) is 11.3 Å². The number of aryl methyl sites for hydroxylation is 1. The number of aromatic nitrogens is 2. The van der Waals surface area contributed by atoms with Crippen molar-refractivity contribution in [2.75, 3.05) is 0 Å². The molecule has 0 saturated carbocycles. The fraction of sp³-hybridized carbons (Fsp3) is 0.0606. The van der Waals surface area contributed by atoms with E-state index in [0.29, 0.717) is 0 Å². The fourth-order valence-electron chi connectivity index (χ4n) is 5.21. The SMILES string of the molecule is CCc1cc(-c2cccc3c2sc2ccccc23)cc(-c2nc3ccccc3n2-c2ccccc2)c1. The van der Waals surface area contributed by atoms with Crippen molar-refractivity contribution in [1.29, 1.82) is 0 Å². The highest BCUT2D eigenvalue weighted by Gasteiger charge is 2.17. The van der Waals surface area contributed by atoms with Crippen molar-refractivity contribution in [3.63, 3.8) is 0 Å². The molecule has 2 aromatic heterocycles. The summed E-state index contributed by atoms with van der Waals surface area (Å²) in [6, 6.07) is 41.3. The maximum absolute atomic E-state index is 5.13. The molecule has 0 N–H and O–H groups in total. The Bertz CT molecular complexity index is 1880. The third-order valence-electron chi connectivity index (χ3n) is 6.95. The third kappa shape index (κ3) is 3.35. The number of rotatable bonds is 4. The molecule has 0 atom stereocenters. The molecule has 0 saturated heterocycles. The van der Waals surface area contributed by atoms with Gasteiger partial charge in [-0.15, -0.1) is 11.3 Å². The van der Waals surface area contributed by atoms with Crippen LogP contribution in [0.4, 0.5) is 0 Å². The summed E-state index contributed by atoms with van der Waals surface area (Å²) in [5.74, 6) is 0.975. The molecule has 0 amide bonds. The predicted molar refractivity (Wildman–Crippen MR) is 154 cm³/mol. The summed E-state index contributed by atoms with van der Waals surface area (Å²) >= 11 is 1.88. The molecule has 0 aliphatic heterocycles. The van der Waals surface area contributed by atoms with Gasteiger partial charge >= 0.3 is 0 Å². The van der Waals surface area contributed by atoms with E-state index in [1.165, 1.54) is 36.9 Å². The zero-order chi connectivity index (χ0) is 24.1. The van der Waals surface area contributed by atoms with Gasteiger partial charge in [0.1, 0.15) is 5.82 Å². The van der Waals surface area contributed by atoms with Crippen LogP contribution in [0.15, 0.2) is 115 Å². The van der Waals surface area contributed by atoms with Crippen molar-refractivity contribution >= 4 is 42.5 Å². The summed E-state index contributed by atoms with van der Waals surface area (Å²) in [4.78, 5) is 5.13. The Balaban J connectivity index is 1.50. The van der Waals surface area contributed by atoms with Crippen molar-refractivity contribution < 1.29 is 0 Å². The highest BCUT2D eigenvalue weighted by Crippen LogP contribution is 2.41. The quantitative estimate of drug-likeness (QED) is 0.245. The molecule has 7 aromatic rings. The Morgan fingerprint density at radius 3 is 2.33 bits per heavy atom. The molecule has 0 aliphatic carbocycles. The van der Waals surface area contributed by atoms with Crippen LogP contribution in [-0.4, -0.2) is 9.55 Å². The minimum absolute atomic E-state index is 0.967. The number of para-hydroxylation sites is 3. The molecule has 0 unspecified atom stereocenters. The Labute approximate surface area is 214 Å². The van der Waals surface area contributed by atoms with Crippen LogP contribution in [0.3, 0.4) is 0 Å². The van der Waals surface area contributed by atoms with Crippen LogP contribution in [0.2, 0.25) is 0 Å². The Kier molecular flexibility index (Phi) is 4.97. The van der Waals surface area contributed by atoms with Gasteiger partial charge in [-0.05, 0) is 65.6 Å². The maximum Gasteiger partial charge on any atom is 0.145 e. The molecule has 2 nitrogen and oxygen atoms in total. The van der Waals surface area contributed by atoms with E-state index in [2.05, 4.69) is 127 Å². The van der Waals surface area contributed by atoms with Gasteiger partial charge in [0.15, 0.2) is 0 Å². The summed E-state index contributed by atoms with van der Waals surface area (Å²) in [5, 5.41) is 2.66. The standard InChI is InChI=1S/C33H24N2S/c1-2-22-19-23(26-14-10-15-28-27-13-6-9-18-31(27)36-32(26)28)21-24(20-22)33-34-29-16-7-8-17-30(29)35(33)25-11-4-3-5-12-25/h3-21H,2H2,1H3. The normalized spacial score (nSPS) is 11.6. The van der Waals surface area contributed by atoms with Gasteiger partial charge in [0.2, 0.25) is 0 Å². The van der Waals surface area contributed by atoms with E-state index in [1.54, 1.807) is 0 Å². The van der Waals surface area contributed by atoms with Gasteiger partial charge in [-0.25, -0.2) is 4.98 Å². The van der Waals surface area contributed by atoms with Gasteiger partial charge in [0.05, 0.1) is 11.0 Å². The van der Waals surface area contributed by atoms with Crippen LogP contribution in [-0.2, 0) is 6.42 Å². The second-order valence-corrected chi connectivity index (χ2v) is 10.2. The van der Waals surface area contributed by atoms with Crippen molar-refractivity contribution in [2.24, 2.45) is 0 Å². The summed E-state index contributed by atoms with van der Waals surface area (Å²) in [7, 11) is 0. The first-order valence-electron chi connectivity index (χ1n) is 12.4. The van der Waals surface area contributed by atoms with Crippen LogP contribution in [0.5, 0.6) is 0 Å². The van der Waals surface area contributed by atoms with E-state index in [-0.39, 0.29) is 0 Å². The van der Waals surface area contributed by atoms with Crippen LogP contribution >= 0.6 is 11.3 Å². The summed E-state index contributed by atoms with van der Waals surface area (Å²) in [6.07, 6.45) is 0.967. The molecule has 5 aromatic carbocycles. The van der Waals surface area contributed by atoms with Crippen molar-refractivity contribution in [3.8, 4) is 28.2 Å². The first-order valence-corrected chi connectivity index (χ1v) is 13.2. The number of benzene rings is 5. The second-order valence-electron chi connectivity index (χ2n) is 9.15. The summed E-state index contributed by atoms with van der Waals surface area (Å²) in [6.45, 7) is 2.23. The molecule has 3 heteroatoms. The average Bonchev–Trinajstić information content (AvgIpc) is 3.52. The number of fused-ring (bicyclic) bond motifs is 4.